The summed E-state index contributed by atoms with van der Waals surface area (Å²) < 4.78 is 0. The van der Waals surface area contributed by atoms with Crippen LogP contribution >= 0.6 is 0 Å². The third kappa shape index (κ3) is 1.70. The van der Waals surface area contributed by atoms with Gasteiger partial charge >= 0.3 is 0 Å². The van der Waals surface area contributed by atoms with Crippen LogP contribution in [0.25, 0.3) is 0 Å². The molecule has 1 aromatic heterocycles. The van der Waals surface area contributed by atoms with Gasteiger partial charge in [-0.2, -0.15) is 0 Å². The van der Waals surface area contributed by atoms with E-state index in [1.54, 1.807) is 30.3 Å². The molecule has 1 N–H and O–H groups in total. The number of carbonyl (C=O) groups excluding carboxylic acids is 1. The lowest BCUT2D eigenvalue weighted by Gasteiger charge is -2.09. The van der Waals surface area contributed by atoms with Crippen LogP contribution < -0.4 is 0 Å². The summed E-state index contributed by atoms with van der Waals surface area (Å²) in [5, 5.41) is 9.65. The Morgan fingerprint density at radius 1 is 1.60 bits per heavy atom. The smallest absolute Gasteiger partial charge is 0.195 e. The highest BCUT2D eigenvalue weighted by molar-refractivity contribution is 6.08. The van der Waals surface area contributed by atoms with Crippen LogP contribution in [0.5, 0.6) is 0 Å². The van der Waals surface area contributed by atoms with Gasteiger partial charge in [0, 0.05) is 31.5 Å². The van der Waals surface area contributed by atoms with Crippen LogP contribution in [0, 0.1) is 0 Å². The molecule has 0 atom stereocenters. The summed E-state index contributed by atoms with van der Waals surface area (Å²) in [6.45, 7) is 0.688. The molecular formula is C11H12N2O2. The van der Waals surface area contributed by atoms with Gasteiger partial charge < -0.3 is 10.0 Å². The Morgan fingerprint density at radius 2 is 2.40 bits per heavy atom. The van der Waals surface area contributed by atoms with Gasteiger partial charge in [-0.15, -0.1) is 0 Å². The predicted molar refractivity (Wildman–Crippen MR) is 55.5 cm³/mol. The molecule has 2 heterocycles. The molecule has 0 saturated heterocycles. The van der Waals surface area contributed by atoms with Crippen LogP contribution in [0.2, 0.25) is 0 Å². The van der Waals surface area contributed by atoms with Gasteiger partial charge in [0.15, 0.2) is 11.7 Å². The molecule has 4 nitrogen and oxygen atoms in total. The molecule has 0 amide bonds. The van der Waals surface area contributed by atoms with Gasteiger partial charge in [-0.1, -0.05) is 0 Å². The van der Waals surface area contributed by atoms with Gasteiger partial charge in [0.05, 0.1) is 5.57 Å². The van der Waals surface area contributed by atoms with Crippen LogP contribution in [0.15, 0.2) is 36.0 Å². The lowest BCUT2D eigenvalue weighted by molar-refractivity contribution is 0.102. The van der Waals surface area contributed by atoms with E-state index in [0.717, 1.165) is 0 Å². The third-order valence-corrected chi connectivity index (χ3v) is 2.53. The monoisotopic (exact) mass is 204 g/mol. The summed E-state index contributed by atoms with van der Waals surface area (Å²) in [6.07, 6.45) is 3.72. The molecule has 0 aromatic carbocycles. The maximum Gasteiger partial charge on any atom is 0.195 e. The predicted octanol–water partition coefficient (Wildman–Crippen LogP) is 1.37. The van der Waals surface area contributed by atoms with Crippen molar-refractivity contribution in [2.75, 3.05) is 13.6 Å². The molecule has 0 aliphatic carbocycles. The van der Waals surface area contributed by atoms with E-state index in [4.69, 9.17) is 0 Å². The van der Waals surface area contributed by atoms with Crippen molar-refractivity contribution in [2.45, 2.75) is 6.42 Å². The Labute approximate surface area is 87.9 Å². The average Bonchev–Trinajstić information content (AvgIpc) is 2.60. The summed E-state index contributed by atoms with van der Waals surface area (Å²) in [6, 6.07) is 3.41. The van der Waals surface area contributed by atoms with Crippen molar-refractivity contribution in [3.8, 4) is 0 Å². The fourth-order valence-electron chi connectivity index (χ4n) is 1.61. The zero-order valence-corrected chi connectivity index (χ0v) is 8.47. The first-order valence-electron chi connectivity index (χ1n) is 4.78. The molecule has 0 spiro atoms. The maximum atomic E-state index is 11.9. The first-order chi connectivity index (χ1) is 7.20. The summed E-state index contributed by atoms with van der Waals surface area (Å²) in [5.74, 6) is -0.0474. The number of hydrogen-bond acceptors (Lipinski definition) is 4. The fraction of sp³-hybridized carbons (Fsp3) is 0.273. The number of nitrogens with zero attached hydrogens (tertiary/aromatic N) is 2. The van der Waals surface area contributed by atoms with Gasteiger partial charge in [0.1, 0.15) is 0 Å². The lowest BCUT2D eigenvalue weighted by atomic mass is 10.0. The van der Waals surface area contributed by atoms with Crippen LogP contribution in [0.4, 0.5) is 0 Å². The van der Waals surface area contributed by atoms with Gasteiger partial charge in [0.25, 0.3) is 0 Å². The Morgan fingerprint density at radius 3 is 2.93 bits per heavy atom. The zero-order valence-electron chi connectivity index (χ0n) is 8.47. The number of pyridine rings is 1. The van der Waals surface area contributed by atoms with E-state index < -0.39 is 0 Å². The summed E-state index contributed by atoms with van der Waals surface area (Å²) >= 11 is 0. The van der Waals surface area contributed by atoms with Crippen molar-refractivity contribution in [1.82, 2.24) is 9.88 Å². The highest BCUT2D eigenvalue weighted by Gasteiger charge is 2.25. The summed E-state index contributed by atoms with van der Waals surface area (Å²) in [5.41, 5.74) is 1.000. The van der Waals surface area contributed by atoms with E-state index in [0.29, 0.717) is 24.1 Å². The molecule has 1 aliphatic rings. The van der Waals surface area contributed by atoms with E-state index in [1.807, 2.05) is 0 Å². The number of aliphatic hydroxyl groups excluding tert-OH is 1. The van der Waals surface area contributed by atoms with Crippen LogP contribution in [-0.4, -0.2) is 34.4 Å². The molecule has 78 valence electrons. The Balaban J connectivity index is 2.31. The van der Waals surface area contributed by atoms with Crippen LogP contribution in [-0.2, 0) is 0 Å². The topological polar surface area (TPSA) is 53.4 Å². The number of aromatic nitrogens is 1. The van der Waals surface area contributed by atoms with E-state index >= 15 is 0 Å². The van der Waals surface area contributed by atoms with E-state index in [-0.39, 0.29) is 11.7 Å². The molecule has 0 bridgehead atoms. The molecule has 2 rings (SSSR count). The standard InChI is InChI=1S/C11H12N2O2/c1-13-6-4-9(11(13)15)10(14)8-3-2-5-12-7-8/h2-3,5,7,15H,4,6H2,1H3. The zero-order chi connectivity index (χ0) is 10.8. The van der Waals surface area contributed by atoms with Crippen LogP contribution in [0.3, 0.4) is 0 Å². The summed E-state index contributed by atoms with van der Waals surface area (Å²) in [4.78, 5) is 17.5. The first kappa shape index (κ1) is 9.71. The average molecular weight is 204 g/mol. The number of carbonyl (C=O) groups is 1. The number of hydrogen-bond donors (Lipinski definition) is 1. The van der Waals surface area contributed by atoms with E-state index in [2.05, 4.69) is 4.98 Å². The van der Waals surface area contributed by atoms with Crippen molar-refractivity contribution >= 4 is 5.78 Å². The molecule has 0 fully saturated rings. The molecule has 0 unspecified atom stereocenters. The minimum absolute atomic E-state index is 0.0869. The first-order valence-corrected chi connectivity index (χ1v) is 4.78. The number of aliphatic hydroxyl groups is 1. The Kier molecular flexibility index (Phi) is 2.41. The molecular weight excluding hydrogens is 192 g/mol. The van der Waals surface area contributed by atoms with Crippen molar-refractivity contribution in [1.29, 1.82) is 0 Å². The summed E-state index contributed by atoms with van der Waals surface area (Å²) in [7, 11) is 1.76. The largest absolute Gasteiger partial charge is 0.494 e. The molecule has 0 saturated carbocycles. The molecule has 15 heavy (non-hydrogen) atoms. The second-order valence-corrected chi connectivity index (χ2v) is 3.54. The van der Waals surface area contributed by atoms with Crippen molar-refractivity contribution < 1.29 is 9.90 Å². The molecule has 1 aliphatic heterocycles. The lowest BCUT2D eigenvalue weighted by Crippen LogP contribution is -2.12. The minimum atomic E-state index is -0.134. The second kappa shape index (κ2) is 3.73. The highest BCUT2D eigenvalue weighted by atomic mass is 16.3. The number of rotatable bonds is 2. The number of Topliss-reactive ketones (excluding diaryl/α,β-unsaturated/α-hetero) is 1. The molecule has 4 heteroatoms. The normalized spacial score (nSPS) is 15.9. The van der Waals surface area contributed by atoms with Crippen LogP contribution in [0.1, 0.15) is 16.8 Å². The van der Waals surface area contributed by atoms with Crippen molar-refractivity contribution in [3.63, 3.8) is 0 Å². The van der Waals surface area contributed by atoms with Gasteiger partial charge in [-0.3, -0.25) is 9.78 Å². The second-order valence-electron chi connectivity index (χ2n) is 3.54. The van der Waals surface area contributed by atoms with Crippen molar-refractivity contribution in [3.05, 3.63) is 41.5 Å². The Bertz CT molecular complexity index is 412. The maximum absolute atomic E-state index is 11.9. The number of ketones is 1. The fourth-order valence-corrected chi connectivity index (χ4v) is 1.61. The van der Waals surface area contributed by atoms with Gasteiger partial charge in [-0.25, -0.2) is 0 Å². The third-order valence-electron chi connectivity index (χ3n) is 2.53. The minimum Gasteiger partial charge on any atom is -0.494 e. The van der Waals surface area contributed by atoms with Crippen molar-refractivity contribution in [2.24, 2.45) is 0 Å². The SMILES string of the molecule is CN1CCC(C(=O)c2cccnc2)=C1O. The van der Waals surface area contributed by atoms with E-state index in [1.165, 1.54) is 6.20 Å². The Hall–Kier alpha value is -1.84. The highest BCUT2D eigenvalue weighted by Crippen LogP contribution is 2.22. The van der Waals surface area contributed by atoms with Gasteiger partial charge in [0.2, 0.25) is 0 Å². The van der Waals surface area contributed by atoms with E-state index in [9.17, 15) is 9.90 Å². The molecule has 0 radical (unpaired) electrons. The van der Waals surface area contributed by atoms with Gasteiger partial charge in [-0.05, 0) is 18.6 Å². The quantitative estimate of drug-likeness (QED) is 0.739. The molecule has 1 aromatic rings.